The van der Waals surface area contributed by atoms with Crippen molar-refractivity contribution in [2.24, 2.45) is 0 Å². The standard InChI is InChI=1S/C17H21F2NO2S/c18-12-3-4-14(15(19)10-12)17(5-7-22-8-6-17)16(21)20-13-2-1-9-23-11-13/h3-4,10,13H,1-2,5-9,11H2,(H,20,21). The number of amides is 1. The van der Waals surface area contributed by atoms with Crippen LogP contribution in [0, 0.1) is 11.6 Å². The van der Waals surface area contributed by atoms with Gasteiger partial charge in [0.25, 0.3) is 0 Å². The first-order chi connectivity index (χ1) is 11.1. The van der Waals surface area contributed by atoms with Crippen LogP contribution < -0.4 is 5.32 Å². The third-order valence-corrected chi connectivity index (χ3v) is 5.94. The molecule has 126 valence electrons. The van der Waals surface area contributed by atoms with Crippen LogP contribution in [0.3, 0.4) is 0 Å². The van der Waals surface area contributed by atoms with Gasteiger partial charge in [-0.05, 0) is 37.5 Å². The number of nitrogens with one attached hydrogen (secondary N) is 1. The Kier molecular flexibility index (Phi) is 5.21. The van der Waals surface area contributed by atoms with E-state index in [2.05, 4.69) is 5.32 Å². The summed E-state index contributed by atoms with van der Waals surface area (Å²) in [5, 5.41) is 3.09. The number of carbonyl (C=O) groups is 1. The Morgan fingerprint density at radius 3 is 2.74 bits per heavy atom. The van der Waals surface area contributed by atoms with Gasteiger partial charge in [-0.3, -0.25) is 4.79 Å². The molecular formula is C17H21F2NO2S. The lowest BCUT2D eigenvalue weighted by atomic mass is 9.73. The van der Waals surface area contributed by atoms with Gasteiger partial charge in [-0.25, -0.2) is 8.78 Å². The van der Waals surface area contributed by atoms with E-state index < -0.39 is 17.0 Å². The van der Waals surface area contributed by atoms with Gasteiger partial charge in [0.2, 0.25) is 5.91 Å². The van der Waals surface area contributed by atoms with Crippen LogP contribution in [0.5, 0.6) is 0 Å². The van der Waals surface area contributed by atoms with Gasteiger partial charge in [0, 0.05) is 36.6 Å². The molecule has 2 saturated heterocycles. The molecule has 1 aromatic rings. The highest BCUT2D eigenvalue weighted by molar-refractivity contribution is 7.99. The molecule has 0 bridgehead atoms. The highest BCUT2D eigenvalue weighted by Crippen LogP contribution is 2.37. The maximum absolute atomic E-state index is 14.4. The average Bonchev–Trinajstić information content (AvgIpc) is 2.56. The van der Waals surface area contributed by atoms with Crippen LogP contribution in [0.25, 0.3) is 0 Å². The topological polar surface area (TPSA) is 38.3 Å². The van der Waals surface area contributed by atoms with Gasteiger partial charge in [-0.2, -0.15) is 11.8 Å². The molecule has 2 aliphatic heterocycles. The Hall–Kier alpha value is -1.14. The molecule has 0 aromatic heterocycles. The quantitative estimate of drug-likeness (QED) is 0.918. The second-order valence-corrected chi connectivity index (χ2v) is 7.36. The van der Waals surface area contributed by atoms with Crippen LogP contribution in [0.1, 0.15) is 31.2 Å². The molecule has 1 atom stereocenters. The van der Waals surface area contributed by atoms with E-state index in [4.69, 9.17) is 4.74 Å². The number of hydrogen-bond donors (Lipinski definition) is 1. The minimum absolute atomic E-state index is 0.129. The summed E-state index contributed by atoms with van der Waals surface area (Å²) in [6, 6.07) is 3.62. The van der Waals surface area contributed by atoms with E-state index >= 15 is 0 Å². The second-order valence-electron chi connectivity index (χ2n) is 6.21. The monoisotopic (exact) mass is 341 g/mol. The van der Waals surface area contributed by atoms with Gasteiger partial charge in [-0.15, -0.1) is 0 Å². The maximum atomic E-state index is 14.4. The highest BCUT2D eigenvalue weighted by Gasteiger charge is 2.44. The molecule has 1 N–H and O–H groups in total. The number of benzene rings is 1. The zero-order chi connectivity index (χ0) is 16.3. The van der Waals surface area contributed by atoms with Crippen molar-refractivity contribution < 1.29 is 18.3 Å². The highest BCUT2D eigenvalue weighted by atomic mass is 32.2. The van der Waals surface area contributed by atoms with Crippen molar-refractivity contribution in [1.29, 1.82) is 0 Å². The lowest BCUT2D eigenvalue weighted by molar-refractivity contribution is -0.131. The molecular weight excluding hydrogens is 320 g/mol. The lowest BCUT2D eigenvalue weighted by Crippen LogP contribution is -2.52. The molecule has 0 radical (unpaired) electrons. The van der Waals surface area contributed by atoms with Gasteiger partial charge >= 0.3 is 0 Å². The van der Waals surface area contributed by atoms with Crippen molar-refractivity contribution in [3.63, 3.8) is 0 Å². The summed E-state index contributed by atoms with van der Waals surface area (Å²) in [7, 11) is 0. The molecule has 0 aliphatic carbocycles. The van der Waals surface area contributed by atoms with Crippen molar-refractivity contribution in [1.82, 2.24) is 5.32 Å². The van der Waals surface area contributed by atoms with Crippen molar-refractivity contribution in [2.45, 2.75) is 37.1 Å². The molecule has 2 heterocycles. The smallest absolute Gasteiger partial charge is 0.231 e. The molecule has 1 amide bonds. The molecule has 1 aromatic carbocycles. The van der Waals surface area contributed by atoms with Gasteiger partial charge in [0.1, 0.15) is 11.6 Å². The Morgan fingerprint density at radius 2 is 2.09 bits per heavy atom. The number of carbonyl (C=O) groups excluding carboxylic acids is 1. The Balaban J connectivity index is 1.87. The number of ether oxygens (including phenoxy) is 1. The fraction of sp³-hybridized carbons (Fsp3) is 0.588. The summed E-state index contributed by atoms with van der Waals surface area (Å²) in [5.41, 5.74) is -0.679. The first kappa shape index (κ1) is 16.7. The fourth-order valence-electron chi connectivity index (χ4n) is 3.39. The number of rotatable bonds is 3. The summed E-state index contributed by atoms with van der Waals surface area (Å²) in [5.74, 6) is 0.582. The van der Waals surface area contributed by atoms with Crippen LogP contribution in [0.2, 0.25) is 0 Å². The van der Waals surface area contributed by atoms with Crippen molar-refractivity contribution in [3.05, 3.63) is 35.4 Å². The molecule has 0 spiro atoms. The molecule has 1 unspecified atom stereocenters. The number of halogens is 2. The van der Waals surface area contributed by atoms with Gasteiger partial charge in [0.05, 0.1) is 5.41 Å². The van der Waals surface area contributed by atoms with Gasteiger partial charge < -0.3 is 10.1 Å². The summed E-state index contributed by atoms with van der Waals surface area (Å²) >= 11 is 1.83. The van der Waals surface area contributed by atoms with E-state index in [9.17, 15) is 13.6 Å². The molecule has 2 fully saturated rings. The first-order valence-electron chi connectivity index (χ1n) is 8.04. The third kappa shape index (κ3) is 3.53. The third-order valence-electron chi connectivity index (χ3n) is 4.72. The average molecular weight is 341 g/mol. The van der Waals surface area contributed by atoms with E-state index in [0.29, 0.717) is 26.1 Å². The largest absolute Gasteiger partial charge is 0.381 e. The maximum Gasteiger partial charge on any atom is 0.231 e. The van der Waals surface area contributed by atoms with Crippen molar-refractivity contribution >= 4 is 17.7 Å². The Morgan fingerprint density at radius 1 is 1.30 bits per heavy atom. The van der Waals surface area contributed by atoms with E-state index in [1.165, 1.54) is 12.1 Å². The summed E-state index contributed by atoms with van der Waals surface area (Å²) in [4.78, 5) is 13.0. The summed E-state index contributed by atoms with van der Waals surface area (Å²) in [6.45, 7) is 0.813. The predicted octanol–water partition coefficient (Wildman–Crippen LogP) is 3.02. The van der Waals surface area contributed by atoms with Crippen LogP contribution in [-0.2, 0) is 14.9 Å². The van der Waals surface area contributed by atoms with E-state index in [1.54, 1.807) is 0 Å². The zero-order valence-electron chi connectivity index (χ0n) is 12.9. The Bertz CT molecular complexity index is 570. The van der Waals surface area contributed by atoms with E-state index in [0.717, 1.165) is 30.4 Å². The minimum atomic E-state index is -0.960. The van der Waals surface area contributed by atoms with E-state index in [-0.39, 0.29) is 17.5 Å². The molecule has 6 heteroatoms. The van der Waals surface area contributed by atoms with Crippen molar-refractivity contribution in [3.8, 4) is 0 Å². The molecule has 3 nitrogen and oxygen atoms in total. The normalized spacial score (nSPS) is 24.2. The van der Waals surface area contributed by atoms with Crippen LogP contribution in [-0.4, -0.2) is 36.7 Å². The second kappa shape index (κ2) is 7.18. The fourth-order valence-corrected chi connectivity index (χ4v) is 4.47. The van der Waals surface area contributed by atoms with Crippen LogP contribution >= 0.6 is 11.8 Å². The molecule has 2 aliphatic rings. The molecule has 3 rings (SSSR count). The van der Waals surface area contributed by atoms with Crippen LogP contribution in [0.4, 0.5) is 8.78 Å². The SMILES string of the molecule is O=C(NC1CCCSC1)C1(c2ccc(F)cc2F)CCOCC1. The lowest BCUT2D eigenvalue weighted by Gasteiger charge is -2.38. The van der Waals surface area contributed by atoms with Gasteiger partial charge in [0.15, 0.2) is 0 Å². The predicted molar refractivity (Wildman–Crippen MR) is 86.6 cm³/mol. The molecule has 23 heavy (non-hydrogen) atoms. The summed E-state index contributed by atoms with van der Waals surface area (Å²) < 4.78 is 33.0. The van der Waals surface area contributed by atoms with E-state index in [1.807, 2.05) is 11.8 Å². The van der Waals surface area contributed by atoms with Gasteiger partial charge in [-0.1, -0.05) is 6.07 Å². The minimum Gasteiger partial charge on any atom is -0.381 e. The Labute approximate surface area is 139 Å². The summed E-state index contributed by atoms with van der Waals surface area (Å²) in [6.07, 6.45) is 2.87. The first-order valence-corrected chi connectivity index (χ1v) is 9.19. The van der Waals surface area contributed by atoms with Crippen LogP contribution in [0.15, 0.2) is 18.2 Å². The molecule has 0 saturated carbocycles. The number of hydrogen-bond acceptors (Lipinski definition) is 3. The van der Waals surface area contributed by atoms with Crippen molar-refractivity contribution in [2.75, 3.05) is 24.7 Å². The number of thioether (sulfide) groups is 1. The zero-order valence-corrected chi connectivity index (χ0v) is 13.8.